The fraction of sp³-hybridized carbons (Fsp3) is 0.207. The Balaban J connectivity index is 1.36. The fourth-order valence-electron chi connectivity index (χ4n) is 4.18. The number of carbonyl (C=O) groups excluding carboxylic acids is 1. The van der Waals surface area contributed by atoms with Crippen LogP contribution in [0.5, 0.6) is 5.75 Å². The molecule has 6 heteroatoms. The van der Waals surface area contributed by atoms with Gasteiger partial charge in [0.2, 0.25) is 0 Å². The van der Waals surface area contributed by atoms with Crippen LogP contribution in [0.3, 0.4) is 0 Å². The Morgan fingerprint density at radius 2 is 1.71 bits per heavy atom. The number of rotatable bonds is 7. The van der Waals surface area contributed by atoms with E-state index in [4.69, 9.17) is 21.1 Å². The largest absolute Gasteiger partial charge is 0.496 e. The summed E-state index contributed by atoms with van der Waals surface area (Å²) in [7, 11) is 1.67. The molecule has 1 amide bonds. The van der Waals surface area contributed by atoms with E-state index >= 15 is 0 Å². The van der Waals surface area contributed by atoms with Crippen molar-refractivity contribution in [1.82, 2.24) is 0 Å². The number of methoxy groups -OCH3 is 1. The highest BCUT2D eigenvalue weighted by molar-refractivity contribution is 7.20. The molecule has 0 spiro atoms. The van der Waals surface area contributed by atoms with Crippen LogP contribution >= 0.6 is 22.9 Å². The summed E-state index contributed by atoms with van der Waals surface area (Å²) < 4.78 is 11.9. The van der Waals surface area contributed by atoms with E-state index in [9.17, 15) is 4.79 Å². The fourth-order valence-corrected chi connectivity index (χ4v) is 5.36. The van der Waals surface area contributed by atoms with E-state index in [-0.39, 0.29) is 6.10 Å². The van der Waals surface area contributed by atoms with Gasteiger partial charge in [-0.05, 0) is 60.1 Å². The average molecular weight is 504 g/mol. The molecule has 0 bridgehead atoms. The van der Waals surface area contributed by atoms with Crippen molar-refractivity contribution >= 4 is 34.7 Å². The molecule has 1 aliphatic rings. The zero-order chi connectivity index (χ0) is 24.4. The lowest BCUT2D eigenvalue weighted by Gasteiger charge is -2.15. The molecule has 1 aliphatic carbocycles. The van der Waals surface area contributed by atoms with Crippen LogP contribution in [0.15, 0.2) is 78.9 Å². The monoisotopic (exact) mass is 503 g/mol. The second-order valence-electron chi connectivity index (χ2n) is 8.69. The second kappa shape index (κ2) is 10.1. The number of halogens is 1. The van der Waals surface area contributed by atoms with Crippen molar-refractivity contribution < 1.29 is 14.3 Å². The number of hydrogen-bond acceptors (Lipinski definition) is 4. The summed E-state index contributed by atoms with van der Waals surface area (Å²) in [5.41, 5.74) is 5.97. The van der Waals surface area contributed by atoms with Gasteiger partial charge in [-0.15, -0.1) is 11.3 Å². The van der Waals surface area contributed by atoms with Crippen molar-refractivity contribution in [2.75, 3.05) is 12.4 Å². The third-order valence-corrected chi connectivity index (χ3v) is 7.54. The number of anilines is 1. The SMILES string of the molecule is COc1cc(-c2sc(Cl)cc2NC(=O)O[C@H](C)c2ccccc2)ccc1-c1ccc(C2CC2)cc1. The molecule has 0 aliphatic heterocycles. The first-order chi connectivity index (χ1) is 17.0. The first-order valence-electron chi connectivity index (χ1n) is 11.6. The normalized spacial score (nSPS) is 13.8. The van der Waals surface area contributed by atoms with Crippen LogP contribution in [0, 0.1) is 0 Å². The second-order valence-corrected chi connectivity index (χ2v) is 10.4. The summed E-state index contributed by atoms with van der Waals surface area (Å²) in [6.07, 6.45) is 1.67. The summed E-state index contributed by atoms with van der Waals surface area (Å²) in [5.74, 6) is 1.49. The third kappa shape index (κ3) is 5.37. The molecule has 1 saturated carbocycles. The number of ether oxygens (including phenoxy) is 2. The lowest BCUT2D eigenvalue weighted by molar-refractivity contribution is 0.121. The van der Waals surface area contributed by atoms with Gasteiger partial charge < -0.3 is 9.47 Å². The van der Waals surface area contributed by atoms with Crippen LogP contribution in [-0.2, 0) is 4.74 Å². The van der Waals surface area contributed by atoms with Gasteiger partial charge in [-0.25, -0.2) is 4.79 Å². The topological polar surface area (TPSA) is 47.6 Å². The van der Waals surface area contributed by atoms with Crippen molar-refractivity contribution in [1.29, 1.82) is 0 Å². The zero-order valence-corrected chi connectivity index (χ0v) is 21.2. The van der Waals surface area contributed by atoms with E-state index in [0.717, 1.165) is 38.8 Å². The Hall–Kier alpha value is -3.28. The van der Waals surface area contributed by atoms with Gasteiger partial charge in [-0.3, -0.25) is 5.32 Å². The lowest BCUT2D eigenvalue weighted by Crippen LogP contribution is -2.16. The molecule has 1 aromatic heterocycles. The van der Waals surface area contributed by atoms with Crippen LogP contribution < -0.4 is 10.1 Å². The number of carbonyl (C=O) groups is 1. The summed E-state index contributed by atoms with van der Waals surface area (Å²) >= 11 is 7.74. The first-order valence-corrected chi connectivity index (χ1v) is 12.8. The summed E-state index contributed by atoms with van der Waals surface area (Å²) in [6.45, 7) is 1.84. The third-order valence-electron chi connectivity index (χ3n) is 6.23. The molecular formula is C29H26ClNO3S. The van der Waals surface area contributed by atoms with Gasteiger partial charge in [-0.1, -0.05) is 78.3 Å². The minimum Gasteiger partial charge on any atom is -0.496 e. The molecule has 1 heterocycles. The van der Waals surface area contributed by atoms with Gasteiger partial charge >= 0.3 is 6.09 Å². The highest BCUT2D eigenvalue weighted by Crippen LogP contribution is 2.44. The van der Waals surface area contributed by atoms with Gasteiger partial charge in [0.05, 0.1) is 22.0 Å². The maximum Gasteiger partial charge on any atom is 0.412 e. The van der Waals surface area contributed by atoms with Crippen molar-refractivity contribution in [2.24, 2.45) is 0 Å². The molecule has 35 heavy (non-hydrogen) atoms. The van der Waals surface area contributed by atoms with E-state index in [1.165, 1.54) is 29.7 Å². The molecule has 178 valence electrons. The van der Waals surface area contributed by atoms with Gasteiger partial charge in [-0.2, -0.15) is 0 Å². The Bertz CT molecular complexity index is 1330. The number of thiophene rings is 1. The standard InChI is InChI=1S/C29H26ClNO3S/c1-18(19-6-4-3-5-7-19)34-29(32)31-25-17-27(30)35-28(25)23-14-15-24(26(16-23)33-2)22-12-10-21(11-13-22)20-8-9-20/h3-7,10-18,20H,8-9H2,1-2H3,(H,31,32)/t18-/m1/s1. The van der Waals surface area contributed by atoms with Crippen LogP contribution in [0.2, 0.25) is 4.34 Å². The van der Waals surface area contributed by atoms with Crippen LogP contribution in [0.4, 0.5) is 10.5 Å². The first kappa shape index (κ1) is 23.5. The van der Waals surface area contributed by atoms with Crippen molar-refractivity contribution in [3.63, 3.8) is 0 Å². The molecule has 1 atom stereocenters. The molecular weight excluding hydrogens is 478 g/mol. The predicted molar refractivity (Wildman–Crippen MR) is 144 cm³/mol. The molecule has 0 unspecified atom stereocenters. The Morgan fingerprint density at radius 3 is 2.40 bits per heavy atom. The van der Waals surface area contributed by atoms with Gasteiger partial charge in [0, 0.05) is 5.56 Å². The smallest absolute Gasteiger partial charge is 0.412 e. The van der Waals surface area contributed by atoms with Crippen molar-refractivity contribution in [3.8, 4) is 27.3 Å². The minimum absolute atomic E-state index is 0.376. The maximum absolute atomic E-state index is 12.6. The van der Waals surface area contributed by atoms with E-state index in [1.54, 1.807) is 13.2 Å². The van der Waals surface area contributed by atoms with Gasteiger partial charge in [0.15, 0.2) is 0 Å². The summed E-state index contributed by atoms with van der Waals surface area (Å²) in [6, 6.07) is 26.2. The molecule has 4 aromatic rings. The van der Waals surface area contributed by atoms with Gasteiger partial charge in [0.25, 0.3) is 0 Å². The zero-order valence-electron chi connectivity index (χ0n) is 19.6. The number of nitrogens with one attached hydrogen (secondary N) is 1. The van der Waals surface area contributed by atoms with Crippen LogP contribution in [-0.4, -0.2) is 13.2 Å². The Labute approximate surface area is 214 Å². The highest BCUT2D eigenvalue weighted by atomic mass is 35.5. The van der Waals surface area contributed by atoms with Crippen LogP contribution in [0.25, 0.3) is 21.6 Å². The van der Waals surface area contributed by atoms with Gasteiger partial charge in [0.1, 0.15) is 11.9 Å². The lowest BCUT2D eigenvalue weighted by atomic mass is 9.99. The number of amides is 1. The van der Waals surface area contributed by atoms with Crippen molar-refractivity contribution in [2.45, 2.75) is 31.8 Å². The van der Waals surface area contributed by atoms with E-state index in [1.807, 2.05) is 55.5 Å². The quantitative estimate of drug-likeness (QED) is 0.274. The molecule has 3 aromatic carbocycles. The molecule has 1 fully saturated rings. The molecule has 5 rings (SSSR count). The highest BCUT2D eigenvalue weighted by Gasteiger charge is 2.23. The molecule has 1 N–H and O–H groups in total. The molecule has 0 radical (unpaired) electrons. The average Bonchev–Trinajstić information content (AvgIpc) is 3.67. The van der Waals surface area contributed by atoms with E-state index in [2.05, 4.69) is 29.6 Å². The van der Waals surface area contributed by atoms with E-state index in [0.29, 0.717) is 10.0 Å². The number of hydrogen-bond donors (Lipinski definition) is 1. The predicted octanol–water partition coefficient (Wildman–Crippen LogP) is 8.93. The van der Waals surface area contributed by atoms with E-state index < -0.39 is 6.09 Å². The maximum atomic E-state index is 12.6. The van der Waals surface area contributed by atoms with Crippen LogP contribution in [0.1, 0.15) is 42.9 Å². The Morgan fingerprint density at radius 1 is 1.00 bits per heavy atom. The summed E-state index contributed by atoms with van der Waals surface area (Å²) in [5, 5.41) is 2.86. The summed E-state index contributed by atoms with van der Waals surface area (Å²) in [4.78, 5) is 13.5. The van der Waals surface area contributed by atoms with Crippen molar-refractivity contribution in [3.05, 3.63) is 94.3 Å². The number of benzene rings is 3. The Kier molecular flexibility index (Phi) is 6.80. The molecule has 4 nitrogen and oxygen atoms in total. The molecule has 0 saturated heterocycles. The minimum atomic E-state index is -0.531.